The number of benzene rings is 10. The molecule has 0 saturated heterocycles. The van der Waals surface area contributed by atoms with Gasteiger partial charge in [-0.3, -0.25) is 0 Å². The van der Waals surface area contributed by atoms with E-state index in [0.29, 0.717) is 0 Å². The van der Waals surface area contributed by atoms with Crippen molar-refractivity contribution in [2.75, 3.05) is 0 Å². The van der Waals surface area contributed by atoms with Crippen LogP contribution in [0.4, 0.5) is 0 Å². The van der Waals surface area contributed by atoms with Crippen LogP contribution in [0.15, 0.2) is 186 Å². The van der Waals surface area contributed by atoms with E-state index in [-0.39, 0.29) is 0 Å². The highest BCUT2D eigenvalue weighted by atomic mass is 16.3. The molecule has 0 saturated carbocycles. The molecule has 1 heterocycles. The molecule has 51 heavy (non-hydrogen) atoms. The predicted octanol–water partition coefficient (Wildman–Crippen LogP) is 14.4. The van der Waals surface area contributed by atoms with E-state index in [1.165, 1.54) is 87.2 Å². The van der Waals surface area contributed by atoms with Crippen molar-refractivity contribution in [1.82, 2.24) is 0 Å². The number of hydrogen-bond acceptors (Lipinski definition) is 1. The van der Waals surface area contributed by atoms with E-state index in [0.717, 1.165) is 21.9 Å². The monoisotopic (exact) mass is 646 g/mol. The van der Waals surface area contributed by atoms with Crippen molar-refractivity contribution < 1.29 is 4.42 Å². The van der Waals surface area contributed by atoms with Gasteiger partial charge < -0.3 is 4.42 Å². The molecule has 11 aromatic rings. The van der Waals surface area contributed by atoms with Gasteiger partial charge in [-0.1, -0.05) is 152 Å². The lowest BCUT2D eigenvalue weighted by Gasteiger charge is -2.20. The van der Waals surface area contributed by atoms with Crippen molar-refractivity contribution in [1.29, 1.82) is 0 Å². The third kappa shape index (κ3) is 4.22. The highest BCUT2D eigenvalue weighted by Gasteiger charge is 2.22. The summed E-state index contributed by atoms with van der Waals surface area (Å²) in [5.41, 5.74) is 9.18. The van der Waals surface area contributed by atoms with Crippen LogP contribution >= 0.6 is 0 Å². The quantitative estimate of drug-likeness (QED) is 0.138. The highest BCUT2D eigenvalue weighted by molar-refractivity contribution is 6.28. The zero-order valence-corrected chi connectivity index (χ0v) is 27.7. The molecule has 0 radical (unpaired) electrons. The fourth-order valence-electron chi connectivity index (χ4n) is 8.55. The summed E-state index contributed by atoms with van der Waals surface area (Å²) in [7, 11) is 0. The molecule has 0 aliphatic rings. The Morgan fingerprint density at radius 1 is 0.275 bits per heavy atom. The molecule has 0 amide bonds. The van der Waals surface area contributed by atoms with Crippen molar-refractivity contribution >= 4 is 75.8 Å². The standard InChI is InChI=1S/C50H30O/c1-2-13-31(14-3-1)35-28-43-36-18-7-6-15-32(36)25-26-37(43)44(29-35)49-40-21-10-8-19-38(40)48(39-20-9-11-22-41(39)49)42-23-12-24-46-50(42)45-27-33-16-4-5-17-34(33)30-47(45)51-46/h1-30H. The minimum atomic E-state index is 0.906. The molecule has 10 aromatic carbocycles. The number of fused-ring (bicyclic) bond motifs is 9. The van der Waals surface area contributed by atoms with Gasteiger partial charge in [0.05, 0.1) is 0 Å². The first-order chi connectivity index (χ1) is 25.3. The molecule has 0 bridgehead atoms. The Bertz CT molecular complexity index is 3130. The summed E-state index contributed by atoms with van der Waals surface area (Å²) < 4.78 is 6.58. The second-order valence-electron chi connectivity index (χ2n) is 13.6. The predicted molar refractivity (Wildman–Crippen MR) is 218 cm³/mol. The first-order valence-electron chi connectivity index (χ1n) is 17.6. The lowest BCUT2D eigenvalue weighted by molar-refractivity contribution is 0.669. The maximum absolute atomic E-state index is 6.58. The largest absolute Gasteiger partial charge is 0.456 e. The zero-order valence-electron chi connectivity index (χ0n) is 27.7. The van der Waals surface area contributed by atoms with Gasteiger partial charge >= 0.3 is 0 Å². The van der Waals surface area contributed by atoms with Crippen LogP contribution in [-0.2, 0) is 0 Å². The van der Waals surface area contributed by atoms with E-state index in [4.69, 9.17) is 4.42 Å². The average Bonchev–Trinajstić information content (AvgIpc) is 3.56. The summed E-state index contributed by atoms with van der Waals surface area (Å²) in [5, 5.41) is 14.7. The van der Waals surface area contributed by atoms with Crippen LogP contribution in [0, 0.1) is 0 Å². The van der Waals surface area contributed by atoms with Crippen LogP contribution in [0.2, 0.25) is 0 Å². The van der Waals surface area contributed by atoms with Gasteiger partial charge in [-0.2, -0.15) is 0 Å². The second-order valence-corrected chi connectivity index (χ2v) is 13.6. The normalized spacial score (nSPS) is 11.9. The fourth-order valence-corrected chi connectivity index (χ4v) is 8.55. The fraction of sp³-hybridized carbons (Fsp3) is 0. The molecule has 0 N–H and O–H groups in total. The summed E-state index contributed by atoms with van der Waals surface area (Å²) in [6.07, 6.45) is 0. The van der Waals surface area contributed by atoms with Crippen LogP contribution in [-0.4, -0.2) is 0 Å². The molecule has 1 aromatic heterocycles. The maximum Gasteiger partial charge on any atom is 0.136 e. The summed E-state index contributed by atoms with van der Waals surface area (Å²) in [6, 6.07) is 66.4. The summed E-state index contributed by atoms with van der Waals surface area (Å²) in [4.78, 5) is 0. The number of rotatable bonds is 3. The first kappa shape index (κ1) is 28.2. The first-order valence-corrected chi connectivity index (χ1v) is 17.6. The van der Waals surface area contributed by atoms with Crippen molar-refractivity contribution in [3.05, 3.63) is 182 Å². The Balaban J connectivity index is 1.29. The lowest BCUT2D eigenvalue weighted by atomic mass is 9.82. The van der Waals surface area contributed by atoms with Gasteiger partial charge in [0.15, 0.2) is 0 Å². The molecule has 0 unspecified atom stereocenters. The van der Waals surface area contributed by atoms with Gasteiger partial charge in [-0.25, -0.2) is 0 Å². The van der Waals surface area contributed by atoms with Crippen LogP contribution < -0.4 is 0 Å². The minimum Gasteiger partial charge on any atom is -0.456 e. The Hall–Kier alpha value is -6.70. The summed E-state index contributed by atoms with van der Waals surface area (Å²) in [6.45, 7) is 0. The number of furan rings is 1. The van der Waals surface area contributed by atoms with Gasteiger partial charge in [0.2, 0.25) is 0 Å². The number of hydrogen-bond donors (Lipinski definition) is 0. The molecule has 11 rings (SSSR count). The topological polar surface area (TPSA) is 13.1 Å². The molecule has 0 aliphatic heterocycles. The van der Waals surface area contributed by atoms with E-state index in [2.05, 4.69) is 182 Å². The van der Waals surface area contributed by atoms with Gasteiger partial charge in [0, 0.05) is 10.8 Å². The average molecular weight is 647 g/mol. The van der Waals surface area contributed by atoms with Crippen molar-refractivity contribution in [3.8, 4) is 33.4 Å². The molecule has 1 nitrogen and oxygen atoms in total. The molecule has 0 aliphatic carbocycles. The van der Waals surface area contributed by atoms with Crippen molar-refractivity contribution in [2.45, 2.75) is 0 Å². The van der Waals surface area contributed by atoms with Crippen LogP contribution in [0.5, 0.6) is 0 Å². The Morgan fingerprint density at radius 3 is 1.57 bits per heavy atom. The summed E-state index contributed by atoms with van der Waals surface area (Å²) >= 11 is 0. The molecule has 0 fully saturated rings. The lowest BCUT2D eigenvalue weighted by Crippen LogP contribution is -1.93. The molecule has 1 heteroatoms. The van der Waals surface area contributed by atoms with Crippen LogP contribution in [0.25, 0.3) is 109 Å². The van der Waals surface area contributed by atoms with Gasteiger partial charge in [0.25, 0.3) is 0 Å². The zero-order chi connectivity index (χ0) is 33.5. The molecular formula is C50H30O. The molecule has 236 valence electrons. The summed E-state index contributed by atoms with van der Waals surface area (Å²) in [5.74, 6) is 0. The van der Waals surface area contributed by atoms with Crippen molar-refractivity contribution in [2.24, 2.45) is 0 Å². The van der Waals surface area contributed by atoms with Crippen LogP contribution in [0.3, 0.4) is 0 Å². The maximum atomic E-state index is 6.58. The Morgan fingerprint density at radius 2 is 0.863 bits per heavy atom. The second kappa shape index (κ2) is 10.9. The highest BCUT2D eigenvalue weighted by Crippen LogP contribution is 2.49. The molecule has 0 spiro atoms. The Kier molecular flexibility index (Phi) is 6.02. The van der Waals surface area contributed by atoms with Gasteiger partial charge in [-0.05, 0) is 118 Å². The van der Waals surface area contributed by atoms with Crippen LogP contribution in [0.1, 0.15) is 0 Å². The van der Waals surface area contributed by atoms with E-state index < -0.39 is 0 Å². The smallest absolute Gasteiger partial charge is 0.136 e. The molecule has 0 atom stereocenters. The third-order valence-electron chi connectivity index (χ3n) is 10.8. The minimum absolute atomic E-state index is 0.906. The van der Waals surface area contributed by atoms with E-state index in [1.807, 2.05) is 0 Å². The SMILES string of the molecule is c1ccc(-c2cc(-c3c4ccccc4c(-c4cccc5oc6cc7ccccc7cc6c45)c4ccccc34)c3ccc4ccccc4c3c2)cc1. The van der Waals surface area contributed by atoms with Gasteiger partial charge in [-0.15, -0.1) is 0 Å². The van der Waals surface area contributed by atoms with Crippen molar-refractivity contribution in [3.63, 3.8) is 0 Å². The molecular weight excluding hydrogens is 617 g/mol. The van der Waals surface area contributed by atoms with Gasteiger partial charge in [0.1, 0.15) is 11.2 Å². The third-order valence-corrected chi connectivity index (χ3v) is 10.8. The van der Waals surface area contributed by atoms with E-state index >= 15 is 0 Å². The van der Waals surface area contributed by atoms with E-state index in [1.54, 1.807) is 0 Å². The Labute approximate surface area is 294 Å². The van der Waals surface area contributed by atoms with E-state index in [9.17, 15) is 0 Å².